The molecule has 1 N–H and O–H groups in total. The molecule has 0 unspecified atom stereocenters. The van der Waals surface area contributed by atoms with Crippen LogP contribution in [0.5, 0.6) is 0 Å². The van der Waals surface area contributed by atoms with Crippen LogP contribution in [-0.2, 0) is 28.7 Å². The van der Waals surface area contributed by atoms with E-state index in [0.717, 1.165) is 11.1 Å². The summed E-state index contributed by atoms with van der Waals surface area (Å²) in [5, 5.41) is 6.87. The second kappa shape index (κ2) is 8.97. The molecule has 0 aliphatic heterocycles. The zero-order chi connectivity index (χ0) is 21.7. The third kappa shape index (κ3) is 5.26. The normalized spacial score (nSPS) is 11.4. The lowest BCUT2D eigenvalue weighted by Gasteiger charge is -2.07. The molecular formula is C22H20N4O4S. The Labute approximate surface area is 179 Å². The van der Waals surface area contributed by atoms with Crippen LogP contribution in [0.2, 0.25) is 0 Å². The zero-order valence-electron chi connectivity index (χ0n) is 16.5. The predicted molar refractivity (Wildman–Crippen MR) is 113 cm³/mol. The van der Waals surface area contributed by atoms with Crippen molar-refractivity contribution in [2.75, 3.05) is 0 Å². The topological polar surface area (TPSA) is 107 Å². The number of benzene rings is 2. The fraction of sp³-hybridized carbons (Fsp3) is 0.136. The van der Waals surface area contributed by atoms with Gasteiger partial charge in [0.1, 0.15) is 24.2 Å². The summed E-state index contributed by atoms with van der Waals surface area (Å²) in [5.41, 5.74) is 1.95. The summed E-state index contributed by atoms with van der Waals surface area (Å²) in [7, 11) is -3.54. The Bertz CT molecular complexity index is 1270. The Morgan fingerprint density at radius 1 is 1.00 bits per heavy atom. The quantitative estimate of drug-likeness (QED) is 0.455. The highest BCUT2D eigenvalue weighted by Gasteiger charge is 2.19. The standard InChI is InChI=1S/C22H20N4O4S/c27-22(24-12-17-5-4-6-18(11-17)13-26-16-23-15-25-26)21-10-9-19(30-21)14-31(28,29)20-7-2-1-3-8-20/h1-11,15-16H,12-14H2,(H,24,27). The molecule has 31 heavy (non-hydrogen) atoms. The molecule has 1 amide bonds. The molecule has 158 valence electrons. The first-order chi connectivity index (χ1) is 15.0. The van der Waals surface area contributed by atoms with Crippen LogP contribution in [0.15, 0.2) is 88.7 Å². The molecule has 2 heterocycles. The molecular weight excluding hydrogens is 416 g/mol. The number of hydrogen-bond donors (Lipinski definition) is 1. The van der Waals surface area contributed by atoms with Gasteiger partial charge >= 0.3 is 0 Å². The van der Waals surface area contributed by atoms with E-state index in [0.29, 0.717) is 13.1 Å². The SMILES string of the molecule is O=C(NCc1cccc(Cn2cncn2)c1)c1ccc(CS(=O)(=O)c2ccccc2)o1. The van der Waals surface area contributed by atoms with Crippen LogP contribution in [0.1, 0.15) is 27.4 Å². The maximum absolute atomic E-state index is 12.5. The summed E-state index contributed by atoms with van der Waals surface area (Å²) in [6.07, 6.45) is 3.12. The van der Waals surface area contributed by atoms with Gasteiger partial charge in [-0.2, -0.15) is 5.10 Å². The van der Waals surface area contributed by atoms with Gasteiger partial charge in [-0.1, -0.05) is 42.5 Å². The van der Waals surface area contributed by atoms with E-state index in [1.165, 1.54) is 30.6 Å². The second-order valence-corrected chi connectivity index (χ2v) is 8.92. The van der Waals surface area contributed by atoms with Crippen LogP contribution in [0, 0.1) is 0 Å². The monoisotopic (exact) mass is 436 g/mol. The van der Waals surface area contributed by atoms with Gasteiger partial charge in [0, 0.05) is 6.54 Å². The molecule has 0 bridgehead atoms. The van der Waals surface area contributed by atoms with E-state index in [9.17, 15) is 13.2 Å². The summed E-state index contributed by atoms with van der Waals surface area (Å²) in [6, 6.07) is 18.9. The van der Waals surface area contributed by atoms with Crippen LogP contribution < -0.4 is 5.32 Å². The summed E-state index contributed by atoms with van der Waals surface area (Å²) in [6.45, 7) is 0.890. The number of rotatable bonds is 8. The number of furan rings is 1. The zero-order valence-corrected chi connectivity index (χ0v) is 17.3. The molecule has 0 spiro atoms. The van der Waals surface area contributed by atoms with Gasteiger partial charge in [-0.3, -0.25) is 4.79 Å². The van der Waals surface area contributed by atoms with Gasteiger partial charge < -0.3 is 9.73 Å². The smallest absolute Gasteiger partial charge is 0.287 e. The van der Waals surface area contributed by atoms with Crippen molar-refractivity contribution < 1.29 is 17.6 Å². The Morgan fingerprint density at radius 2 is 1.81 bits per heavy atom. The van der Waals surface area contributed by atoms with Gasteiger partial charge in [0.15, 0.2) is 15.6 Å². The lowest BCUT2D eigenvalue weighted by atomic mass is 10.1. The van der Waals surface area contributed by atoms with Gasteiger partial charge in [0.25, 0.3) is 5.91 Å². The van der Waals surface area contributed by atoms with Crippen LogP contribution in [-0.4, -0.2) is 29.1 Å². The van der Waals surface area contributed by atoms with E-state index in [1.54, 1.807) is 29.2 Å². The van der Waals surface area contributed by atoms with Crippen molar-refractivity contribution in [3.05, 3.63) is 102 Å². The van der Waals surface area contributed by atoms with Crippen molar-refractivity contribution in [1.29, 1.82) is 0 Å². The van der Waals surface area contributed by atoms with E-state index in [1.807, 2.05) is 24.3 Å². The molecule has 0 fully saturated rings. The van der Waals surface area contributed by atoms with Crippen LogP contribution in [0.4, 0.5) is 0 Å². The van der Waals surface area contributed by atoms with E-state index in [4.69, 9.17) is 4.42 Å². The molecule has 2 aromatic heterocycles. The predicted octanol–water partition coefficient (Wildman–Crippen LogP) is 2.82. The first-order valence-corrected chi connectivity index (χ1v) is 11.2. The first kappa shape index (κ1) is 20.5. The van der Waals surface area contributed by atoms with Crippen LogP contribution in [0.25, 0.3) is 0 Å². The maximum Gasteiger partial charge on any atom is 0.287 e. The largest absolute Gasteiger partial charge is 0.455 e. The molecule has 4 rings (SSSR count). The van der Waals surface area contributed by atoms with Crippen molar-refractivity contribution in [1.82, 2.24) is 20.1 Å². The van der Waals surface area contributed by atoms with E-state index in [-0.39, 0.29) is 22.2 Å². The number of carbonyl (C=O) groups is 1. The molecule has 0 saturated heterocycles. The minimum atomic E-state index is -3.54. The molecule has 2 aromatic carbocycles. The number of nitrogens with zero attached hydrogens (tertiary/aromatic N) is 3. The van der Waals surface area contributed by atoms with Crippen LogP contribution >= 0.6 is 0 Å². The maximum atomic E-state index is 12.5. The highest BCUT2D eigenvalue weighted by Crippen LogP contribution is 2.18. The third-order valence-corrected chi connectivity index (χ3v) is 6.23. The number of hydrogen-bond acceptors (Lipinski definition) is 6. The van der Waals surface area contributed by atoms with Crippen LogP contribution in [0.3, 0.4) is 0 Å². The van der Waals surface area contributed by atoms with Crippen molar-refractivity contribution in [2.24, 2.45) is 0 Å². The lowest BCUT2D eigenvalue weighted by Crippen LogP contribution is -2.22. The van der Waals surface area contributed by atoms with Crippen molar-refractivity contribution in [3.63, 3.8) is 0 Å². The first-order valence-electron chi connectivity index (χ1n) is 9.54. The molecule has 4 aromatic rings. The number of aromatic nitrogens is 3. The molecule has 0 saturated carbocycles. The Kier molecular flexibility index (Phi) is 5.94. The highest BCUT2D eigenvalue weighted by atomic mass is 32.2. The van der Waals surface area contributed by atoms with Crippen molar-refractivity contribution in [3.8, 4) is 0 Å². The van der Waals surface area contributed by atoms with Crippen molar-refractivity contribution >= 4 is 15.7 Å². The third-order valence-electron chi connectivity index (χ3n) is 4.58. The average molecular weight is 436 g/mol. The fourth-order valence-electron chi connectivity index (χ4n) is 3.08. The number of carbonyl (C=O) groups excluding carboxylic acids is 1. The molecule has 0 radical (unpaired) electrons. The minimum Gasteiger partial charge on any atom is -0.455 e. The van der Waals surface area contributed by atoms with Gasteiger partial charge in [0.05, 0.1) is 11.4 Å². The van der Waals surface area contributed by atoms with E-state index >= 15 is 0 Å². The number of sulfone groups is 1. The summed E-state index contributed by atoms with van der Waals surface area (Å²) in [4.78, 5) is 16.6. The molecule has 0 aliphatic rings. The van der Waals surface area contributed by atoms with Gasteiger partial charge in [-0.25, -0.2) is 18.1 Å². The van der Waals surface area contributed by atoms with Gasteiger partial charge in [-0.15, -0.1) is 0 Å². The average Bonchev–Trinajstić information content (AvgIpc) is 3.45. The highest BCUT2D eigenvalue weighted by molar-refractivity contribution is 7.90. The number of nitrogens with one attached hydrogen (secondary N) is 1. The minimum absolute atomic E-state index is 0.0667. The Hall–Kier alpha value is -3.72. The Morgan fingerprint density at radius 3 is 2.58 bits per heavy atom. The fourth-order valence-corrected chi connectivity index (χ4v) is 4.35. The van der Waals surface area contributed by atoms with Gasteiger partial charge in [-0.05, 0) is 35.4 Å². The number of amides is 1. The summed E-state index contributed by atoms with van der Waals surface area (Å²) >= 11 is 0. The molecule has 0 atom stereocenters. The summed E-state index contributed by atoms with van der Waals surface area (Å²) < 4.78 is 32.1. The summed E-state index contributed by atoms with van der Waals surface area (Å²) in [5.74, 6) is -0.444. The second-order valence-electron chi connectivity index (χ2n) is 6.93. The van der Waals surface area contributed by atoms with E-state index in [2.05, 4.69) is 15.4 Å². The van der Waals surface area contributed by atoms with Crippen molar-refractivity contribution in [2.45, 2.75) is 23.7 Å². The molecule has 0 aliphatic carbocycles. The molecule has 8 nitrogen and oxygen atoms in total. The Balaban J connectivity index is 1.36. The van der Waals surface area contributed by atoms with E-state index < -0.39 is 15.7 Å². The molecule has 9 heteroatoms. The van der Waals surface area contributed by atoms with Gasteiger partial charge in [0.2, 0.25) is 0 Å². The lowest BCUT2D eigenvalue weighted by molar-refractivity contribution is 0.0921.